The van der Waals surface area contributed by atoms with E-state index in [9.17, 15) is 9.59 Å². The number of hydrogen-bond acceptors (Lipinski definition) is 6. The average molecular weight is 435 g/mol. The summed E-state index contributed by atoms with van der Waals surface area (Å²) in [4.78, 5) is 26.7. The first-order valence-corrected chi connectivity index (χ1v) is 11.4. The number of hydrogen-bond donors (Lipinski definition) is 2. The molecule has 0 saturated carbocycles. The van der Waals surface area contributed by atoms with Crippen LogP contribution in [-0.4, -0.2) is 70.3 Å². The van der Waals surface area contributed by atoms with Crippen LogP contribution in [0.5, 0.6) is 0 Å². The van der Waals surface area contributed by atoms with Crippen LogP contribution >= 0.6 is 0 Å². The minimum atomic E-state index is -0.418. The van der Waals surface area contributed by atoms with Crippen molar-refractivity contribution in [3.8, 4) is 0 Å². The van der Waals surface area contributed by atoms with Crippen molar-refractivity contribution in [2.24, 2.45) is 11.8 Å². The van der Waals surface area contributed by atoms with Gasteiger partial charge in [-0.05, 0) is 31.6 Å². The van der Waals surface area contributed by atoms with Gasteiger partial charge in [0.25, 0.3) is 0 Å². The lowest BCUT2D eigenvalue weighted by Gasteiger charge is -2.34. The van der Waals surface area contributed by atoms with Gasteiger partial charge in [0, 0.05) is 32.2 Å². The van der Waals surface area contributed by atoms with E-state index in [1.807, 2.05) is 9.58 Å². The molecule has 3 aliphatic rings. The third-order valence-corrected chi connectivity index (χ3v) is 6.49. The second kappa shape index (κ2) is 9.52. The van der Waals surface area contributed by atoms with Crippen molar-refractivity contribution in [3.63, 3.8) is 0 Å². The van der Waals surface area contributed by atoms with Crippen molar-refractivity contribution in [2.45, 2.75) is 64.8 Å². The molecule has 1 aromatic rings. The fourth-order valence-corrected chi connectivity index (χ4v) is 4.45. The number of aromatic nitrogens is 3. The van der Waals surface area contributed by atoms with Crippen LogP contribution in [0.2, 0.25) is 0 Å². The van der Waals surface area contributed by atoms with Gasteiger partial charge in [-0.1, -0.05) is 19.1 Å². The molecule has 172 valence electrons. The molecule has 1 atom stereocenters. The van der Waals surface area contributed by atoms with E-state index in [1.165, 1.54) is 0 Å². The second-order valence-corrected chi connectivity index (χ2v) is 9.30. The monoisotopic (exact) mass is 434 g/mol. The van der Waals surface area contributed by atoms with Crippen LogP contribution in [0.15, 0.2) is 0 Å². The van der Waals surface area contributed by atoms with Crippen molar-refractivity contribution >= 4 is 11.9 Å². The summed E-state index contributed by atoms with van der Waals surface area (Å²) >= 11 is 0. The molecule has 0 bridgehead atoms. The summed E-state index contributed by atoms with van der Waals surface area (Å²) in [5.74, 6) is 0.622. The molecule has 3 amide bonds. The number of rotatable bonds is 6. The van der Waals surface area contributed by atoms with Gasteiger partial charge in [0.15, 0.2) is 0 Å². The molecule has 0 aromatic carbocycles. The van der Waals surface area contributed by atoms with E-state index < -0.39 is 5.60 Å². The molecule has 2 N–H and O–H groups in total. The molecular formula is C21H34N6O4. The molecule has 10 heteroatoms. The molecule has 10 nitrogen and oxygen atoms in total. The molecule has 2 saturated heterocycles. The Kier molecular flexibility index (Phi) is 6.76. The lowest BCUT2D eigenvalue weighted by Crippen LogP contribution is -2.47. The molecule has 4 rings (SSSR count). The number of ether oxygens (including phenoxy) is 2. The third kappa shape index (κ3) is 5.17. The van der Waals surface area contributed by atoms with Crippen LogP contribution in [0.3, 0.4) is 0 Å². The van der Waals surface area contributed by atoms with E-state index in [0.717, 1.165) is 37.1 Å². The van der Waals surface area contributed by atoms with Crippen LogP contribution in [0.4, 0.5) is 4.79 Å². The molecule has 4 heterocycles. The van der Waals surface area contributed by atoms with Gasteiger partial charge in [-0.3, -0.25) is 4.79 Å². The van der Waals surface area contributed by atoms with Gasteiger partial charge in [-0.15, -0.1) is 5.10 Å². The van der Waals surface area contributed by atoms with Crippen molar-refractivity contribution < 1.29 is 19.1 Å². The summed E-state index contributed by atoms with van der Waals surface area (Å²) in [7, 11) is 0. The highest BCUT2D eigenvalue weighted by atomic mass is 16.5. The van der Waals surface area contributed by atoms with Gasteiger partial charge in [0.2, 0.25) is 5.91 Å². The number of carbonyl (C=O) groups is 2. The zero-order chi connectivity index (χ0) is 21.8. The van der Waals surface area contributed by atoms with Crippen LogP contribution < -0.4 is 10.6 Å². The zero-order valence-corrected chi connectivity index (χ0v) is 18.6. The smallest absolute Gasteiger partial charge is 0.317 e. The summed E-state index contributed by atoms with van der Waals surface area (Å²) in [6.07, 6.45) is 3.27. The highest BCUT2D eigenvalue weighted by Gasteiger charge is 2.44. The van der Waals surface area contributed by atoms with Crippen LogP contribution in [0.1, 0.15) is 50.9 Å². The van der Waals surface area contributed by atoms with E-state index in [0.29, 0.717) is 58.5 Å². The number of fused-ring (bicyclic) bond motifs is 1. The lowest BCUT2D eigenvalue weighted by atomic mass is 9.99. The first-order chi connectivity index (χ1) is 15.0. The van der Waals surface area contributed by atoms with E-state index >= 15 is 0 Å². The zero-order valence-electron chi connectivity index (χ0n) is 18.6. The van der Waals surface area contributed by atoms with Gasteiger partial charge in [0.1, 0.15) is 11.3 Å². The minimum Gasteiger partial charge on any atom is -0.381 e. The Morgan fingerprint density at radius 3 is 2.81 bits per heavy atom. The Morgan fingerprint density at radius 2 is 2.03 bits per heavy atom. The first kappa shape index (κ1) is 22.0. The summed E-state index contributed by atoms with van der Waals surface area (Å²) in [6.45, 7) is 8.80. The van der Waals surface area contributed by atoms with E-state index in [4.69, 9.17) is 9.47 Å². The lowest BCUT2D eigenvalue weighted by molar-refractivity contribution is -0.128. The summed E-state index contributed by atoms with van der Waals surface area (Å²) in [5, 5.41) is 14.6. The maximum absolute atomic E-state index is 12.5. The normalized spacial score (nSPS) is 23.9. The predicted molar refractivity (Wildman–Crippen MR) is 112 cm³/mol. The Morgan fingerprint density at radius 1 is 1.23 bits per heavy atom. The molecular weight excluding hydrogens is 400 g/mol. The van der Waals surface area contributed by atoms with Gasteiger partial charge < -0.3 is 25.0 Å². The Bertz CT molecular complexity index is 791. The maximum atomic E-state index is 12.5. The van der Waals surface area contributed by atoms with Crippen LogP contribution in [-0.2, 0) is 34.0 Å². The predicted octanol–water partition coefficient (Wildman–Crippen LogP) is 1.05. The fourth-order valence-electron chi connectivity index (χ4n) is 4.45. The highest BCUT2D eigenvalue weighted by Crippen LogP contribution is 2.32. The SMILES string of the molecule is CC(C)CCNC(=O)N1CCC2(C1)Cn1nnc(CNC(=O)C3CCOCC3)c1CO2. The highest BCUT2D eigenvalue weighted by molar-refractivity contribution is 5.78. The second-order valence-electron chi connectivity index (χ2n) is 9.30. The molecule has 0 radical (unpaired) electrons. The molecule has 2 fully saturated rings. The van der Waals surface area contributed by atoms with E-state index in [-0.39, 0.29) is 17.9 Å². The average Bonchev–Trinajstić information content (AvgIpc) is 3.36. The number of nitrogens with one attached hydrogen (secondary N) is 2. The van der Waals surface area contributed by atoms with E-state index in [2.05, 4.69) is 34.8 Å². The first-order valence-electron chi connectivity index (χ1n) is 11.4. The topological polar surface area (TPSA) is 111 Å². The van der Waals surface area contributed by atoms with Gasteiger partial charge in [-0.25, -0.2) is 9.48 Å². The number of likely N-dealkylation sites (tertiary alicyclic amines) is 1. The van der Waals surface area contributed by atoms with Crippen molar-refractivity contribution in [3.05, 3.63) is 11.4 Å². The molecule has 1 unspecified atom stereocenters. The fraction of sp³-hybridized carbons (Fsp3) is 0.810. The molecule has 3 aliphatic heterocycles. The Labute approximate surface area is 183 Å². The standard InChI is InChI=1S/C21H34N6O4/c1-15(2)3-7-22-20(29)26-8-6-21(13-26)14-27-18(12-31-21)17(24-25-27)11-23-19(28)16-4-9-30-10-5-16/h15-16H,3-14H2,1-2H3,(H,22,29)(H,23,28). The number of amides is 3. The van der Waals surface area contributed by atoms with Crippen molar-refractivity contribution in [1.82, 2.24) is 30.5 Å². The summed E-state index contributed by atoms with van der Waals surface area (Å²) < 4.78 is 13.4. The van der Waals surface area contributed by atoms with Crippen molar-refractivity contribution in [2.75, 3.05) is 32.8 Å². The number of urea groups is 1. The Hall–Kier alpha value is -2.20. The largest absolute Gasteiger partial charge is 0.381 e. The molecule has 1 aromatic heterocycles. The Balaban J connectivity index is 1.29. The van der Waals surface area contributed by atoms with Crippen LogP contribution in [0.25, 0.3) is 0 Å². The van der Waals surface area contributed by atoms with Gasteiger partial charge >= 0.3 is 6.03 Å². The maximum Gasteiger partial charge on any atom is 0.317 e. The van der Waals surface area contributed by atoms with E-state index in [1.54, 1.807) is 0 Å². The van der Waals surface area contributed by atoms with Gasteiger partial charge in [0.05, 0.1) is 31.9 Å². The van der Waals surface area contributed by atoms with Crippen LogP contribution in [0, 0.1) is 11.8 Å². The number of carbonyl (C=O) groups excluding carboxylic acids is 2. The molecule has 31 heavy (non-hydrogen) atoms. The van der Waals surface area contributed by atoms with Crippen molar-refractivity contribution in [1.29, 1.82) is 0 Å². The molecule has 0 aliphatic carbocycles. The third-order valence-electron chi connectivity index (χ3n) is 6.49. The number of nitrogens with zero attached hydrogens (tertiary/aromatic N) is 4. The molecule has 1 spiro atoms. The summed E-state index contributed by atoms with van der Waals surface area (Å²) in [5.41, 5.74) is 1.23. The minimum absolute atomic E-state index is 0.0100. The van der Waals surface area contributed by atoms with Gasteiger partial charge in [-0.2, -0.15) is 0 Å². The quantitative estimate of drug-likeness (QED) is 0.693. The summed E-state index contributed by atoms with van der Waals surface area (Å²) in [6, 6.07) is -0.0259.